The summed E-state index contributed by atoms with van der Waals surface area (Å²) in [6.45, 7) is 13.7. The summed E-state index contributed by atoms with van der Waals surface area (Å²) in [5.41, 5.74) is 17.0. The summed E-state index contributed by atoms with van der Waals surface area (Å²) in [6.07, 6.45) is 0. The fourth-order valence-corrected chi connectivity index (χ4v) is 9.64. The fraction of sp³-hybridized carbons (Fsp3) is 0.133. The van der Waals surface area contributed by atoms with Crippen molar-refractivity contribution in [1.29, 1.82) is 0 Å². The van der Waals surface area contributed by atoms with Crippen LogP contribution in [-0.2, 0) is 0 Å². The fourth-order valence-electron chi connectivity index (χ4n) is 9.64. The van der Waals surface area contributed by atoms with Crippen molar-refractivity contribution < 1.29 is 0 Å². The molecule has 0 aliphatic carbocycles. The van der Waals surface area contributed by atoms with Gasteiger partial charge in [-0.25, -0.2) is 0 Å². The molecule has 10 rings (SSSR count). The van der Waals surface area contributed by atoms with Gasteiger partial charge in [-0.05, 0) is 128 Å². The van der Waals surface area contributed by atoms with E-state index in [1.807, 2.05) is 0 Å². The van der Waals surface area contributed by atoms with Crippen LogP contribution < -0.4 is 9.80 Å². The van der Waals surface area contributed by atoms with Crippen LogP contribution in [0.25, 0.3) is 54.6 Å². The van der Waals surface area contributed by atoms with Crippen molar-refractivity contribution in [3.63, 3.8) is 0 Å². The molecule has 0 N–H and O–H groups in total. The van der Waals surface area contributed by atoms with E-state index >= 15 is 0 Å². The quantitative estimate of drug-likeness (QED) is 0.127. The predicted molar refractivity (Wildman–Crippen MR) is 268 cm³/mol. The SMILES string of the molecule is Cc1ccccc1N(c1cc(-c2ccccc2)ccc1C(C)C)c1ccc2ccc3c(N(c4ccccc4C)c4cc(-c5ccccc5)ccc4C(C)C)ccc4ccc1c2c43. The van der Waals surface area contributed by atoms with E-state index in [0.717, 1.165) is 0 Å². The number of anilines is 6. The number of hydrogen-bond donors (Lipinski definition) is 0. The van der Waals surface area contributed by atoms with Crippen LogP contribution in [0.3, 0.4) is 0 Å². The van der Waals surface area contributed by atoms with E-state index in [9.17, 15) is 0 Å². The molecule has 0 saturated heterocycles. The van der Waals surface area contributed by atoms with Gasteiger partial charge in [-0.3, -0.25) is 0 Å². The van der Waals surface area contributed by atoms with Crippen molar-refractivity contribution in [2.45, 2.75) is 53.4 Å². The molecule has 0 aliphatic rings. The van der Waals surface area contributed by atoms with Crippen molar-refractivity contribution in [3.8, 4) is 22.3 Å². The normalized spacial score (nSPS) is 11.7. The number of nitrogens with zero attached hydrogens (tertiary/aromatic N) is 2. The standard InChI is InChI=1S/C60H52N2/c1-39(2)49-31-27-47(43-19-9-7-10-20-43)37-57(49)61(53-23-15-13-17-41(53)5)55-35-29-45-26-34-52-56(36-30-46-25-33-51(55)59(45)60(46)52)62(54-24-16-14-18-42(54)6)58-38-48(28-32-50(58)40(3)4)44-21-11-8-12-22-44/h7-40H,1-6H3. The van der Waals surface area contributed by atoms with Crippen LogP contribution in [0, 0.1) is 13.8 Å². The van der Waals surface area contributed by atoms with E-state index in [1.54, 1.807) is 0 Å². The van der Waals surface area contributed by atoms with Gasteiger partial charge in [-0.1, -0.05) is 185 Å². The zero-order chi connectivity index (χ0) is 42.5. The Morgan fingerprint density at radius 1 is 0.306 bits per heavy atom. The average Bonchev–Trinajstić information content (AvgIpc) is 3.30. The van der Waals surface area contributed by atoms with Crippen LogP contribution in [0.5, 0.6) is 0 Å². The van der Waals surface area contributed by atoms with Gasteiger partial charge in [0.15, 0.2) is 0 Å². The Morgan fingerprint density at radius 2 is 0.677 bits per heavy atom. The summed E-state index contributed by atoms with van der Waals surface area (Å²) in [5.74, 6) is 0.625. The van der Waals surface area contributed by atoms with Crippen LogP contribution in [0.2, 0.25) is 0 Å². The van der Waals surface area contributed by atoms with E-state index in [0.29, 0.717) is 11.8 Å². The average molecular weight is 801 g/mol. The first-order valence-electron chi connectivity index (χ1n) is 22.1. The second-order valence-electron chi connectivity index (χ2n) is 17.4. The summed E-state index contributed by atoms with van der Waals surface area (Å²) in [4.78, 5) is 5.07. The maximum atomic E-state index is 2.54. The molecule has 0 bridgehead atoms. The highest BCUT2D eigenvalue weighted by Crippen LogP contribution is 2.50. The highest BCUT2D eigenvalue weighted by Gasteiger charge is 2.26. The Bertz CT molecular complexity index is 3000. The molecule has 10 aromatic carbocycles. The summed E-state index contributed by atoms with van der Waals surface area (Å²) >= 11 is 0. The number of benzene rings is 10. The Morgan fingerprint density at radius 3 is 1.06 bits per heavy atom. The first kappa shape index (κ1) is 39.0. The van der Waals surface area contributed by atoms with Gasteiger partial charge in [0.05, 0.1) is 22.7 Å². The van der Waals surface area contributed by atoms with Crippen molar-refractivity contribution >= 4 is 66.4 Å². The topological polar surface area (TPSA) is 6.48 Å². The molecule has 0 heterocycles. The minimum Gasteiger partial charge on any atom is -0.309 e. The van der Waals surface area contributed by atoms with E-state index in [4.69, 9.17) is 0 Å². The lowest BCUT2D eigenvalue weighted by molar-refractivity contribution is 0.864. The van der Waals surface area contributed by atoms with Gasteiger partial charge < -0.3 is 9.80 Å². The third kappa shape index (κ3) is 6.77. The predicted octanol–water partition coefficient (Wildman–Crippen LogP) is 17.7. The number of hydrogen-bond acceptors (Lipinski definition) is 2. The van der Waals surface area contributed by atoms with E-state index < -0.39 is 0 Å². The molecule has 2 nitrogen and oxygen atoms in total. The molecular weight excluding hydrogens is 749 g/mol. The number of para-hydroxylation sites is 2. The monoisotopic (exact) mass is 800 g/mol. The minimum absolute atomic E-state index is 0.312. The number of aryl methyl sites for hydroxylation is 2. The van der Waals surface area contributed by atoms with E-state index in [-0.39, 0.29) is 0 Å². The molecule has 0 fully saturated rings. The summed E-state index contributed by atoms with van der Waals surface area (Å²) < 4.78 is 0. The van der Waals surface area contributed by atoms with Gasteiger partial charge >= 0.3 is 0 Å². The summed E-state index contributed by atoms with van der Waals surface area (Å²) in [7, 11) is 0. The molecule has 0 saturated carbocycles. The van der Waals surface area contributed by atoms with Crippen molar-refractivity contribution in [2.75, 3.05) is 9.80 Å². The van der Waals surface area contributed by atoms with Crippen LogP contribution >= 0.6 is 0 Å². The molecule has 0 aliphatic heterocycles. The molecule has 0 atom stereocenters. The third-order valence-corrected chi connectivity index (χ3v) is 12.8. The minimum atomic E-state index is 0.312. The maximum absolute atomic E-state index is 2.54. The van der Waals surface area contributed by atoms with Crippen molar-refractivity contribution in [3.05, 3.63) is 216 Å². The van der Waals surface area contributed by atoms with E-state index in [2.05, 4.69) is 245 Å². The molecule has 0 amide bonds. The first-order valence-corrected chi connectivity index (χ1v) is 22.1. The Kier molecular flexibility index (Phi) is 10.1. The van der Waals surface area contributed by atoms with Gasteiger partial charge in [0, 0.05) is 22.1 Å². The lowest BCUT2D eigenvalue weighted by Crippen LogP contribution is -2.15. The van der Waals surface area contributed by atoms with Crippen LogP contribution in [0.4, 0.5) is 34.1 Å². The van der Waals surface area contributed by atoms with E-state index in [1.165, 1.54) is 111 Å². The van der Waals surface area contributed by atoms with Crippen LogP contribution in [0.15, 0.2) is 194 Å². The smallest absolute Gasteiger partial charge is 0.0540 e. The van der Waals surface area contributed by atoms with Gasteiger partial charge in [0.2, 0.25) is 0 Å². The molecule has 0 unspecified atom stereocenters. The molecule has 2 heteroatoms. The number of rotatable bonds is 10. The zero-order valence-corrected chi connectivity index (χ0v) is 36.5. The highest BCUT2D eigenvalue weighted by molar-refractivity contribution is 6.28. The largest absolute Gasteiger partial charge is 0.309 e. The second-order valence-corrected chi connectivity index (χ2v) is 17.4. The second kappa shape index (κ2) is 16.0. The molecule has 0 aromatic heterocycles. The molecule has 10 aromatic rings. The Hall–Kier alpha value is -7.16. The van der Waals surface area contributed by atoms with Gasteiger partial charge in [-0.2, -0.15) is 0 Å². The third-order valence-electron chi connectivity index (χ3n) is 12.8. The Labute approximate surface area is 366 Å². The molecular formula is C60H52N2. The summed E-state index contributed by atoms with van der Waals surface area (Å²) in [5, 5.41) is 7.52. The van der Waals surface area contributed by atoms with Crippen LogP contribution in [-0.4, -0.2) is 0 Å². The molecule has 0 spiro atoms. The van der Waals surface area contributed by atoms with Gasteiger partial charge in [-0.15, -0.1) is 0 Å². The van der Waals surface area contributed by atoms with Crippen molar-refractivity contribution in [2.24, 2.45) is 0 Å². The molecule has 62 heavy (non-hydrogen) atoms. The van der Waals surface area contributed by atoms with Gasteiger partial charge in [0.1, 0.15) is 0 Å². The van der Waals surface area contributed by atoms with Gasteiger partial charge in [0.25, 0.3) is 0 Å². The van der Waals surface area contributed by atoms with Crippen molar-refractivity contribution in [1.82, 2.24) is 0 Å². The lowest BCUT2D eigenvalue weighted by atomic mass is 9.90. The highest BCUT2D eigenvalue weighted by atomic mass is 15.2. The molecule has 0 radical (unpaired) electrons. The maximum Gasteiger partial charge on any atom is 0.0540 e. The zero-order valence-electron chi connectivity index (χ0n) is 36.5. The Balaban J connectivity index is 1.26. The lowest BCUT2D eigenvalue weighted by Gasteiger charge is -2.33. The van der Waals surface area contributed by atoms with Crippen LogP contribution in [0.1, 0.15) is 61.8 Å². The first-order chi connectivity index (χ1) is 30.3. The molecule has 302 valence electrons. The summed E-state index contributed by atoms with van der Waals surface area (Å²) in [6, 6.07) is 72.0.